The lowest BCUT2D eigenvalue weighted by Crippen LogP contribution is -2.67. The fourth-order valence-electron chi connectivity index (χ4n) is 8.01. The highest BCUT2D eigenvalue weighted by molar-refractivity contribution is 7.81. The van der Waals surface area contributed by atoms with Crippen molar-refractivity contribution in [2.75, 3.05) is 40.0 Å². The number of aryl methyl sites for hydroxylation is 1. The lowest BCUT2D eigenvalue weighted by Gasteiger charge is -2.50. The van der Waals surface area contributed by atoms with Crippen molar-refractivity contribution in [3.05, 3.63) is 29.3 Å². The van der Waals surface area contributed by atoms with Crippen LogP contribution in [0.5, 0.6) is 5.75 Å². The van der Waals surface area contributed by atoms with Crippen molar-refractivity contribution in [3.8, 4) is 5.75 Å². The molecule has 0 amide bonds. The Hall–Kier alpha value is -1.38. The van der Waals surface area contributed by atoms with Gasteiger partial charge in [0.1, 0.15) is 12.4 Å². The highest BCUT2D eigenvalue weighted by Gasteiger charge is 2.85. The fourth-order valence-corrected chi connectivity index (χ4v) is 8.11. The Morgan fingerprint density at radius 2 is 1.53 bits per heavy atom. The van der Waals surface area contributed by atoms with E-state index in [2.05, 4.69) is 62.2 Å². The largest absolute Gasteiger partial charge is 0.492 e. The van der Waals surface area contributed by atoms with Crippen LogP contribution in [-0.2, 0) is 15.9 Å². The first-order valence-corrected chi connectivity index (χ1v) is 16.7. The molecule has 4 nitrogen and oxygen atoms in total. The van der Waals surface area contributed by atoms with E-state index in [-0.39, 0.29) is 22.9 Å². The van der Waals surface area contributed by atoms with Crippen LogP contribution in [0.4, 0.5) is 39.5 Å². The minimum atomic E-state index is -6.73. The molecule has 2 saturated carbocycles. The number of alkyl halides is 9. The summed E-state index contributed by atoms with van der Waals surface area (Å²) in [5.74, 6) is 1.94. The van der Waals surface area contributed by atoms with Gasteiger partial charge in [-0.15, -0.1) is 0 Å². The first kappa shape index (κ1) is 38.4. The molecular formula is C33H46F9NO3S. The third kappa shape index (κ3) is 8.17. The molecule has 0 radical (unpaired) electrons. The Kier molecular flexibility index (Phi) is 11.5. The second-order valence-corrected chi connectivity index (χ2v) is 15.6. The van der Waals surface area contributed by atoms with E-state index >= 15 is 0 Å². The summed E-state index contributed by atoms with van der Waals surface area (Å²) in [5, 5.41) is 0. The summed E-state index contributed by atoms with van der Waals surface area (Å²) in [5.41, 5.74) is -3.88. The SMILES string of the molecule is CN(CCOc1ccc2c(c1)CC[C@@H]1[C@@H]2CC[C@]2(C)[C@@H](OCCCOC(C(F)(F)F)(C(F)(F)F)C(F)(F)F)CC[C@@H]12)CCC(C)(C)S. The Bertz CT molecular complexity index is 1160. The molecular weight excluding hydrogens is 661 g/mol. The number of thiol groups is 1. The summed E-state index contributed by atoms with van der Waals surface area (Å²) < 4.78 is 134. The molecule has 5 atom stereocenters. The summed E-state index contributed by atoms with van der Waals surface area (Å²) in [6.07, 6.45) is -14.9. The van der Waals surface area contributed by atoms with Gasteiger partial charge in [0.05, 0.1) is 12.7 Å². The van der Waals surface area contributed by atoms with Gasteiger partial charge in [-0.25, -0.2) is 0 Å². The summed E-state index contributed by atoms with van der Waals surface area (Å²) in [6, 6.07) is 6.34. The van der Waals surface area contributed by atoms with E-state index in [1.807, 2.05) is 6.07 Å². The minimum absolute atomic E-state index is 0.0221. The fraction of sp³-hybridized carbons (Fsp3) is 0.818. The third-order valence-corrected chi connectivity index (χ3v) is 10.8. The van der Waals surface area contributed by atoms with Crippen LogP contribution in [0.1, 0.15) is 82.8 Å². The molecule has 3 aliphatic rings. The highest BCUT2D eigenvalue weighted by atomic mass is 32.1. The van der Waals surface area contributed by atoms with Crippen LogP contribution in [0.2, 0.25) is 0 Å². The van der Waals surface area contributed by atoms with Crippen molar-refractivity contribution in [2.24, 2.45) is 17.3 Å². The lowest BCUT2D eigenvalue weighted by atomic mass is 9.55. The van der Waals surface area contributed by atoms with E-state index in [0.29, 0.717) is 30.8 Å². The molecule has 0 aliphatic heterocycles. The summed E-state index contributed by atoms with van der Waals surface area (Å²) >= 11 is 4.58. The number of fused-ring (bicyclic) bond motifs is 5. The van der Waals surface area contributed by atoms with E-state index < -0.39 is 37.2 Å². The molecule has 3 aliphatic carbocycles. The average Bonchev–Trinajstić information content (AvgIpc) is 3.27. The van der Waals surface area contributed by atoms with Crippen molar-refractivity contribution in [1.29, 1.82) is 0 Å². The second kappa shape index (κ2) is 14.1. The number of benzene rings is 1. The zero-order valence-corrected chi connectivity index (χ0v) is 28.1. The highest BCUT2D eigenvalue weighted by Crippen LogP contribution is 2.62. The Labute approximate surface area is 276 Å². The molecule has 0 heterocycles. The molecule has 270 valence electrons. The normalized spacial score (nSPS) is 27.0. The standard InChI is InChI=1S/C33H46F9NO3S/c1-28(2,47)14-15-43(4)16-19-44-22-7-9-23-21(20-22)6-8-25-24(23)12-13-29(3)26(25)10-11-27(29)45-17-5-18-46-30(31(34,35)36,32(37,38)39)33(40,41)42/h7,9,20,24-27,47H,5-6,8,10-19H2,1-4H3/t24-,25-,26+,27+,29+/m1/s1. The van der Waals surface area contributed by atoms with Crippen LogP contribution >= 0.6 is 12.6 Å². The van der Waals surface area contributed by atoms with E-state index in [1.54, 1.807) is 0 Å². The number of likely N-dealkylation sites (N-methyl/N-ethyl adjacent to an activating group) is 1. The van der Waals surface area contributed by atoms with Crippen LogP contribution < -0.4 is 4.74 Å². The van der Waals surface area contributed by atoms with Crippen LogP contribution in [0.3, 0.4) is 0 Å². The monoisotopic (exact) mass is 707 g/mol. The van der Waals surface area contributed by atoms with Gasteiger partial charge < -0.3 is 19.1 Å². The molecule has 4 rings (SSSR count). The molecule has 0 spiro atoms. The summed E-state index contributed by atoms with van der Waals surface area (Å²) in [4.78, 5) is 2.23. The molecule has 0 saturated heterocycles. The van der Waals surface area contributed by atoms with Crippen LogP contribution in [0.15, 0.2) is 18.2 Å². The number of hydrogen-bond donors (Lipinski definition) is 1. The number of rotatable bonds is 13. The van der Waals surface area contributed by atoms with Gasteiger partial charge in [-0.1, -0.05) is 26.8 Å². The van der Waals surface area contributed by atoms with Gasteiger partial charge in [-0.2, -0.15) is 52.1 Å². The molecule has 0 bridgehead atoms. The predicted octanol–water partition coefficient (Wildman–Crippen LogP) is 9.17. The van der Waals surface area contributed by atoms with Gasteiger partial charge in [-0.3, -0.25) is 0 Å². The maximum absolute atomic E-state index is 13.1. The first-order valence-electron chi connectivity index (χ1n) is 16.2. The van der Waals surface area contributed by atoms with E-state index in [1.165, 1.54) is 11.1 Å². The second-order valence-electron chi connectivity index (χ2n) is 14.3. The van der Waals surface area contributed by atoms with Gasteiger partial charge in [-0.05, 0) is 111 Å². The summed E-state index contributed by atoms with van der Waals surface area (Å²) in [7, 11) is 2.07. The minimum Gasteiger partial charge on any atom is -0.492 e. The third-order valence-electron chi connectivity index (χ3n) is 10.6. The summed E-state index contributed by atoms with van der Waals surface area (Å²) in [6.45, 7) is 6.90. The maximum atomic E-state index is 13.1. The number of nitrogens with zero attached hydrogens (tertiary/aromatic N) is 1. The van der Waals surface area contributed by atoms with Gasteiger partial charge in [0.2, 0.25) is 0 Å². The molecule has 1 aromatic rings. The maximum Gasteiger partial charge on any atom is 0.435 e. The van der Waals surface area contributed by atoms with Crippen LogP contribution in [-0.4, -0.2) is 79.8 Å². The smallest absolute Gasteiger partial charge is 0.435 e. The molecule has 47 heavy (non-hydrogen) atoms. The van der Waals surface area contributed by atoms with Crippen LogP contribution in [0.25, 0.3) is 0 Å². The predicted molar refractivity (Wildman–Crippen MR) is 163 cm³/mol. The van der Waals surface area contributed by atoms with Gasteiger partial charge in [0, 0.05) is 17.9 Å². The van der Waals surface area contributed by atoms with Crippen molar-refractivity contribution >= 4 is 12.6 Å². The molecule has 2 fully saturated rings. The Balaban J connectivity index is 1.30. The van der Waals surface area contributed by atoms with E-state index in [9.17, 15) is 39.5 Å². The Morgan fingerprint density at radius 3 is 2.15 bits per heavy atom. The first-order chi connectivity index (χ1) is 21.6. The molecule has 1 aromatic carbocycles. The topological polar surface area (TPSA) is 30.9 Å². The Morgan fingerprint density at radius 1 is 0.872 bits per heavy atom. The zero-order valence-electron chi connectivity index (χ0n) is 27.3. The van der Waals surface area contributed by atoms with Gasteiger partial charge in [0.25, 0.3) is 0 Å². The van der Waals surface area contributed by atoms with E-state index in [4.69, 9.17) is 9.47 Å². The number of ether oxygens (including phenoxy) is 3. The number of hydrogen-bond acceptors (Lipinski definition) is 5. The molecule has 0 unspecified atom stereocenters. The van der Waals surface area contributed by atoms with Crippen molar-refractivity contribution in [2.45, 2.75) is 113 Å². The number of halogens is 9. The van der Waals surface area contributed by atoms with Gasteiger partial charge in [0.15, 0.2) is 0 Å². The quantitative estimate of drug-likeness (QED) is 0.126. The lowest BCUT2D eigenvalue weighted by molar-refractivity contribution is -0.457. The van der Waals surface area contributed by atoms with Crippen LogP contribution in [0, 0.1) is 17.3 Å². The van der Waals surface area contributed by atoms with Crippen molar-refractivity contribution in [1.82, 2.24) is 4.90 Å². The van der Waals surface area contributed by atoms with E-state index in [0.717, 1.165) is 57.4 Å². The molecule has 0 N–H and O–H groups in total. The van der Waals surface area contributed by atoms with Gasteiger partial charge >= 0.3 is 24.1 Å². The molecule has 0 aromatic heterocycles. The zero-order chi connectivity index (χ0) is 35.1. The van der Waals surface area contributed by atoms with Crippen molar-refractivity contribution < 1.29 is 53.7 Å². The average molecular weight is 708 g/mol. The van der Waals surface area contributed by atoms with Crippen molar-refractivity contribution in [3.63, 3.8) is 0 Å². The molecule has 14 heteroatoms.